The third kappa shape index (κ3) is 7.81. The fraction of sp³-hybridized carbons (Fsp3) is 0.0256. The summed E-state index contributed by atoms with van der Waals surface area (Å²) in [5.41, 5.74) is 6.56. The van der Waals surface area contributed by atoms with Gasteiger partial charge in [0.05, 0.1) is 5.56 Å². The van der Waals surface area contributed by atoms with Gasteiger partial charge in [0.1, 0.15) is 0 Å². The van der Waals surface area contributed by atoms with E-state index in [4.69, 9.17) is 0 Å². The zero-order chi connectivity index (χ0) is 31.2. The first-order valence-electron chi connectivity index (χ1n) is 14.1. The van der Waals surface area contributed by atoms with E-state index in [2.05, 4.69) is 58.5 Å². The molecule has 7 aromatic rings. The number of halogens is 4. The third-order valence-corrected chi connectivity index (χ3v) is 7.17. The normalized spacial score (nSPS) is 10.9. The maximum absolute atomic E-state index is 13.1. The van der Waals surface area contributed by atoms with Crippen molar-refractivity contribution in [2.75, 3.05) is 0 Å². The third-order valence-electron chi connectivity index (χ3n) is 7.17. The molecular formula is C39H24F4IrN2-2. The molecule has 0 saturated carbocycles. The van der Waals surface area contributed by atoms with Crippen molar-refractivity contribution in [1.29, 1.82) is 0 Å². The SMILES string of the molecule is FC(F)(F)c1ccc2c[c-]c(-c3cc(-c4ccc(-c5ccccc5)cc4)ccn3)cc2c1.Fc1c[c-]c(-c2ccccn2)cc1.[Ir]. The summed E-state index contributed by atoms with van der Waals surface area (Å²) >= 11 is 0. The molecule has 0 amide bonds. The molecule has 7 heteroatoms. The van der Waals surface area contributed by atoms with Gasteiger partial charge in [0.2, 0.25) is 0 Å². The summed E-state index contributed by atoms with van der Waals surface area (Å²) in [7, 11) is 0. The molecule has 2 heterocycles. The Morgan fingerprint density at radius 2 is 1.17 bits per heavy atom. The summed E-state index contributed by atoms with van der Waals surface area (Å²) in [6.07, 6.45) is -0.968. The first-order valence-corrected chi connectivity index (χ1v) is 14.1. The van der Waals surface area contributed by atoms with Crippen LogP contribution in [0.4, 0.5) is 17.6 Å². The number of hydrogen-bond acceptors (Lipinski definition) is 2. The maximum atomic E-state index is 13.1. The molecule has 229 valence electrons. The molecule has 0 fully saturated rings. The van der Waals surface area contributed by atoms with E-state index in [0.717, 1.165) is 39.6 Å². The molecule has 0 unspecified atom stereocenters. The second-order valence-corrected chi connectivity index (χ2v) is 10.2. The molecule has 0 bridgehead atoms. The van der Waals surface area contributed by atoms with Crippen LogP contribution >= 0.6 is 0 Å². The number of pyridine rings is 2. The molecule has 0 aliphatic rings. The number of rotatable bonds is 4. The molecule has 0 spiro atoms. The molecule has 0 saturated heterocycles. The van der Waals surface area contributed by atoms with Gasteiger partial charge < -0.3 is 9.97 Å². The summed E-state index contributed by atoms with van der Waals surface area (Å²) in [6.45, 7) is 0. The van der Waals surface area contributed by atoms with Crippen LogP contribution in [0.15, 0.2) is 146 Å². The van der Waals surface area contributed by atoms with Crippen molar-refractivity contribution in [2.45, 2.75) is 6.18 Å². The van der Waals surface area contributed by atoms with Gasteiger partial charge in [-0.25, -0.2) is 0 Å². The number of nitrogens with zero attached hydrogens (tertiary/aromatic N) is 2. The van der Waals surface area contributed by atoms with Crippen LogP contribution in [0.25, 0.3) is 55.5 Å². The molecule has 0 N–H and O–H groups in total. The second kappa shape index (κ2) is 14.4. The van der Waals surface area contributed by atoms with Crippen molar-refractivity contribution in [3.63, 3.8) is 0 Å². The maximum Gasteiger partial charge on any atom is 0.416 e. The number of benzene rings is 5. The fourth-order valence-corrected chi connectivity index (χ4v) is 4.84. The van der Waals surface area contributed by atoms with Crippen molar-refractivity contribution >= 4 is 10.8 Å². The van der Waals surface area contributed by atoms with Gasteiger partial charge in [-0.15, -0.1) is 59.0 Å². The Hall–Kier alpha value is -4.97. The predicted molar refractivity (Wildman–Crippen MR) is 170 cm³/mol. The smallest absolute Gasteiger partial charge is 0.305 e. The fourth-order valence-electron chi connectivity index (χ4n) is 4.84. The first kappa shape index (κ1) is 32.4. The zero-order valence-electron chi connectivity index (χ0n) is 24.1. The van der Waals surface area contributed by atoms with E-state index in [0.29, 0.717) is 22.0 Å². The largest absolute Gasteiger partial charge is 0.416 e. The average Bonchev–Trinajstić information content (AvgIpc) is 3.09. The molecule has 2 aromatic heterocycles. The Kier molecular flexibility index (Phi) is 10.2. The summed E-state index contributed by atoms with van der Waals surface area (Å²) < 4.78 is 51.8. The van der Waals surface area contributed by atoms with Crippen LogP contribution in [-0.2, 0) is 26.3 Å². The van der Waals surface area contributed by atoms with Crippen LogP contribution in [0, 0.1) is 17.9 Å². The van der Waals surface area contributed by atoms with Crippen molar-refractivity contribution in [3.05, 3.63) is 169 Å². The quantitative estimate of drug-likeness (QED) is 0.131. The van der Waals surface area contributed by atoms with Crippen LogP contribution in [0.2, 0.25) is 0 Å². The molecule has 5 aromatic carbocycles. The minimum absolute atomic E-state index is 0. The molecule has 2 nitrogen and oxygen atoms in total. The summed E-state index contributed by atoms with van der Waals surface area (Å²) in [5, 5.41) is 1.21. The topological polar surface area (TPSA) is 25.8 Å². The minimum Gasteiger partial charge on any atom is -0.305 e. The molecule has 46 heavy (non-hydrogen) atoms. The van der Waals surface area contributed by atoms with Gasteiger partial charge in [0, 0.05) is 38.3 Å². The van der Waals surface area contributed by atoms with Crippen LogP contribution in [0.5, 0.6) is 0 Å². The summed E-state index contributed by atoms with van der Waals surface area (Å²) in [5.74, 6) is -0.278. The van der Waals surface area contributed by atoms with E-state index in [1.807, 2.05) is 48.5 Å². The molecule has 0 atom stereocenters. The van der Waals surface area contributed by atoms with Crippen molar-refractivity contribution in [2.24, 2.45) is 0 Å². The minimum atomic E-state index is -4.38. The van der Waals surface area contributed by atoms with Crippen molar-refractivity contribution in [3.8, 4) is 44.8 Å². The average molecular weight is 789 g/mol. The van der Waals surface area contributed by atoms with Crippen LogP contribution in [-0.4, -0.2) is 9.97 Å². The van der Waals surface area contributed by atoms with E-state index in [1.54, 1.807) is 30.6 Å². The predicted octanol–water partition coefficient (Wildman–Crippen LogP) is 10.7. The van der Waals surface area contributed by atoms with Gasteiger partial charge in [-0.05, 0) is 45.8 Å². The van der Waals surface area contributed by atoms with Gasteiger partial charge in [-0.3, -0.25) is 4.39 Å². The Bertz CT molecular complexity index is 2030. The van der Waals surface area contributed by atoms with Gasteiger partial charge in [0.15, 0.2) is 0 Å². The Balaban J connectivity index is 0.000000250. The monoisotopic (exact) mass is 789 g/mol. The zero-order valence-corrected chi connectivity index (χ0v) is 26.5. The number of fused-ring (bicyclic) bond motifs is 1. The molecular weight excluding hydrogens is 765 g/mol. The Morgan fingerprint density at radius 3 is 1.85 bits per heavy atom. The van der Waals surface area contributed by atoms with Crippen molar-refractivity contribution in [1.82, 2.24) is 9.97 Å². The number of aromatic nitrogens is 2. The van der Waals surface area contributed by atoms with Gasteiger partial charge in [-0.1, -0.05) is 96.4 Å². The molecule has 1 radical (unpaired) electrons. The standard InChI is InChI=1S/C28H17F3N.C11H7FN.Ir/c29-28(30,31)26-13-12-22-10-11-24(16-25(22)17-26)27-18-23(14-15-32-27)21-8-6-20(7-9-21)19-4-2-1-3-5-19;12-10-6-4-9(5-7-10)11-3-1-2-8-13-11;/h1-10,12-18H;1-4,6-8H;/q2*-1;. The van der Waals surface area contributed by atoms with E-state index >= 15 is 0 Å². The van der Waals surface area contributed by atoms with Gasteiger partial charge in [0.25, 0.3) is 0 Å². The second-order valence-electron chi connectivity index (χ2n) is 10.2. The summed E-state index contributed by atoms with van der Waals surface area (Å²) in [6, 6.07) is 45.3. The molecule has 0 aliphatic heterocycles. The Morgan fingerprint density at radius 1 is 0.500 bits per heavy atom. The van der Waals surface area contributed by atoms with E-state index in [-0.39, 0.29) is 25.9 Å². The van der Waals surface area contributed by atoms with Crippen LogP contribution < -0.4 is 0 Å². The Labute approximate surface area is 277 Å². The van der Waals surface area contributed by atoms with E-state index in [9.17, 15) is 17.6 Å². The number of alkyl halides is 3. The van der Waals surface area contributed by atoms with E-state index in [1.165, 1.54) is 24.3 Å². The molecule has 7 rings (SSSR count). The van der Waals surface area contributed by atoms with Crippen molar-refractivity contribution < 1.29 is 37.7 Å². The van der Waals surface area contributed by atoms with E-state index < -0.39 is 11.7 Å². The summed E-state index contributed by atoms with van der Waals surface area (Å²) in [4.78, 5) is 8.55. The number of hydrogen-bond donors (Lipinski definition) is 0. The van der Waals surface area contributed by atoms with Gasteiger partial charge >= 0.3 is 6.18 Å². The van der Waals surface area contributed by atoms with Crippen LogP contribution in [0.1, 0.15) is 5.56 Å². The van der Waals surface area contributed by atoms with Gasteiger partial charge in [-0.2, -0.15) is 13.2 Å². The molecule has 0 aliphatic carbocycles. The first-order chi connectivity index (χ1) is 21.8. The van der Waals surface area contributed by atoms with Crippen LogP contribution in [0.3, 0.4) is 0 Å².